The quantitative estimate of drug-likeness (QED) is 0.732. The van der Waals surface area contributed by atoms with E-state index < -0.39 is 17.5 Å². The van der Waals surface area contributed by atoms with Gasteiger partial charge in [-0.15, -0.1) is 11.3 Å². The third-order valence-corrected chi connectivity index (χ3v) is 5.21. The lowest BCUT2D eigenvalue weighted by atomic mass is 10.1. The van der Waals surface area contributed by atoms with Gasteiger partial charge in [0, 0.05) is 40.5 Å². The van der Waals surface area contributed by atoms with Gasteiger partial charge < -0.3 is 9.88 Å². The highest BCUT2D eigenvalue weighted by Crippen LogP contribution is 2.28. The molecular weight excluding hydrogens is 358 g/mol. The van der Waals surface area contributed by atoms with E-state index in [1.165, 1.54) is 17.4 Å². The number of nitrogens with one attached hydrogen (secondary N) is 1. The van der Waals surface area contributed by atoms with Crippen molar-refractivity contribution in [2.75, 3.05) is 0 Å². The van der Waals surface area contributed by atoms with Crippen molar-refractivity contribution in [3.8, 4) is 0 Å². The molecule has 0 aliphatic heterocycles. The van der Waals surface area contributed by atoms with E-state index in [4.69, 9.17) is 0 Å². The molecule has 0 aliphatic carbocycles. The topological polar surface area (TPSA) is 51.1 Å². The van der Waals surface area contributed by atoms with Crippen LogP contribution in [0.15, 0.2) is 35.3 Å². The summed E-state index contributed by atoms with van der Waals surface area (Å²) in [6.45, 7) is 4.24. The zero-order valence-electron chi connectivity index (χ0n) is 14.4. The van der Waals surface area contributed by atoms with Crippen LogP contribution in [0.1, 0.15) is 34.1 Å². The molecule has 26 heavy (non-hydrogen) atoms. The lowest BCUT2D eigenvalue weighted by Crippen LogP contribution is -2.26. The maximum absolute atomic E-state index is 13.7. The molecule has 1 N–H and O–H groups in total. The first kappa shape index (κ1) is 18.3. The fourth-order valence-electron chi connectivity index (χ4n) is 2.88. The van der Waals surface area contributed by atoms with Crippen LogP contribution in [-0.4, -0.2) is 10.5 Å². The molecule has 3 rings (SSSR count). The summed E-state index contributed by atoms with van der Waals surface area (Å²) in [5, 5.41) is 3.02. The number of pyridine rings is 1. The summed E-state index contributed by atoms with van der Waals surface area (Å²) < 4.78 is 29.1. The van der Waals surface area contributed by atoms with Crippen molar-refractivity contribution in [3.63, 3.8) is 0 Å². The van der Waals surface area contributed by atoms with Crippen LogP contribution in [0, 0.1) is 18.6 Å². The molecule has 0 saturated heterocycles. The average Bonchev–Trinajstić information content (AvgIpc) is 2.93. The highest BCUT2D eigenvalue weighted by atomic mass is 32.1. The Morgan fingerprint density at radius 3 is 2.73 bits per heavy atom. The minimum Gasteiger partial charge on any atom is -0.348 e. The normalized spacial score (nSPS) is 11.1. The number of amides is 1. The molecule has 0 aliphatic rings. The maximum atomic E-state index is 13.7. The predicted molar refractivity (Wildman–Crippen MR) is 98.6 cm³/mol. The summed E-state index contributed by atoms with van der Waals surface area (Å²) in [4.78, 5) is 26.1. The van der Waals surface area contributed by atoms with E-state index in [9.17, 15) is 18.4 Å². The second-order valence-electron chi connectivity index (χ2n) is 6.01. The molecule has 2 heterocycles. The second kappa shape index (κ2) is 7.37. The first-order chi connectivity index (χ1) is 12.4. The van der Waals surface area contributed by atoms with Gasteiger partial charge in [0.2, 0.25) is 0 Å². The first-order valence-corrected chi connectivity index (χ1v) is 9.08. The molecule has 0 fully saturated rings. The molecule has 0 bridgehead atoms. The SMILES string of the molecule is CCCn1ccc2sc(C)c(C(=O)NCc3ccc(F)cc3F)c2c1=O. The summed E-state index contributed by atoms with van der Waals surface area (Å²) in [6, 6.07) is 5.04. The van der Waals surface area contributed by atoms with E-state index in [0.717, 1.165) is 28.1 Å². The van der Waals surface area contributed by atoms with Crippen molar-refractivity contribution in [2.24, 2.45) is 0 Å². The summed E-state index contributed by atoms with van der Waals surface area (Å²) in [6.07, 6.45) is 2.54. The molecule has 0 saturated carbocycles. The Hall–Kier alpha value is -2.54. The summed E-state index contributed by atoms with van der Waals surface area (Å²) >= 11 is 1.38. The fourth-order valence-corrected chi connectivity index (χ4v) is 3.93. The van der Waals surface area contributed by atoms with Crippen LogP contribution in [0.25, 0.3) is 10.1 Å². The van der Waals surface area contributed by atoms with Crippen molar-refractivity contribution in [3.05, 3.63) is 68.5 Å². The number of aromatic nitrogens is 1. The lowest BCUT2D eigenvalue weighted by molar-refractivity contribution is 0.0952. The number of carbonyl (C=O) groups is 1. The number of benzene rings is 1. The number of rotatable bonds is 5. The summed E-state index contributed by atoms with van der Waals surface area (Å²) in [7, 11) is 0. The van der Waals surface area contributed by atoms with Crippen molar-refractivity contribution in [1.82, 2.24) is 9.88 Å². The van der Waals surface area contributed by atoms with E-state index in [2.05, 4.69) is 5.32 Å². The maximum Gasteiger partial charge on any atom is 0.260 e. The van der Waals surface area contributed by atoms with Gasteiger partial charge >= 0.3 is 0 Å². The number of hydrogen-bond donors (Lipinski definition) is 1. The molecule has 2 aromatic heterocycles. The van der Waals surface area contributed by atoms with Crippen LogP contribution < -0.4 is 10.9 Å². The van der Waals surface area contributed by atoms with Gasteiger partial charge in [-0.25, -0.2) is 8.78 Å². The van der Waals surface area contributed by atoms with E-state index in [1.54, 1.807) is 17.7 Å². The van der Waals surface area contributed by atoms with Crippen molar-refractivity contribution in [1.29, 1.82) is 0 Å². The molecular formula is C19H18F2N2O2S. The molecule has 1 aromatic carbocycles. The number of thiophene rings is 1. The second-order valence-corrected chi connectivity index (χ2v) is 7.26. The lowest BCUT2D eigenvalue weighted by Gasteiger charge is -2.08. The number of aryl methyl sites for hydroxylation is 2. The third-order valence-electron chi connectivity index (χ3n) is 4.14. The Morgan fingerprint density at radius 2 is 2.04 bits per heavy atom. The highest BCUT2D eigenvalue weighted by molar-refractivity contribution is 7.19. The average molecular weight is 376 g/mol. The van der Waals surface area contributed by atoms with Crippen LogP contribution in [0.3, 0.4) is 0 Å². The van der Waals surface area contributed by atoms with Gasteiger partial charge in [0.15, 0.2) is 0 Å². The molecule has 0 atom stereocenters. The Bertz CT molecular complexity index is 1040. The first-order valence-electron chi connectivity index (χ1n) is 8.27. The number of hydrogen-bond acceptors (Lipinski definition) is 3. The van der Waals surface area contributed by atoms with Crippen LogP contribution >= 0.6 is 11.3 Å². The van der Waals surface area contributed by atoms with E-state index in [-0.39, 0.29) is 17.7 Å². The van der Waals surface area contributed by atoms with Gasteiger partial charge in [-0.2, -0.15) is 0 Å². The molecule has 0 radical (unpaired) electrons. The number of halogens is 2. The van der Waals surface area contributed by atoms with Gasteiger partial charge in [-0.1, -0.05) is 13.0 Å². The number of fused-ring (bicyclic) bond motifs is 1. The zero-order valence-corrected chi connectivity index (χ0v) is 15.3. The van der Waals surface area contributed by atoms with Crippen molar-refractivity contribution >= 4 is 27.3 Å². The van der Waals surface area contributed by atoms with Gasteiger partial charge in [0.25, 0.3) is 11.5 Å². The minimum atomic E-state index is -0.720. The third kappa shape index (κ3) is 3.39. The molecule has 0 spiro atoms. The molecule has 136 valence electrons. The van der Waals surface area contributed by atoms with Crippen LogP contribution in [0.2, 0.25) is 0 Å². The molecule has 4 nitrogen and oxygen atoms in total. The highest BCUT2D eigenvalue weighted by Gasteiger charge is 2.20. The van der Waals surface area contributed by atoms with Crippen LogP contribution in [0.4, 0.5) is 8.78 Å². The van der Waals surface area contributed by atoms with Gasteiger partial charge in [-0.3, -0.25) is 9.59 Å². The molecule has 0 unspecified atom stereocenters. The molecule has 3 aromatic rings. The smallest absolute Gasteiger partial charge is 0.260 e. The Kier molecular flexibility index (Phi) is 5.18. The van der Waals surface area contributed by atoms with Gasteiger partial charge in [0.05, 0.1) is 10.9 Å². The summed E-state index contributed by atoms with van der Waals surface area (Å²) in [5.74, 6) is -1.83. The Morgan fingerprint density at radius 1 is 1.27 bits per heavy atom. The van der Waals surface area contributed by atoms with E-state index >= 15 is 0 Å². The molecule has 1 amide bonds. The van der Waals surface area contributed by atoms with Crippen LogP contribution in [-0.2, 0) is 13.1 Å². The minimum absolute atomic E-state index is 0.0856. The largest absolute Gasteiger partial charge is 0.348 e. The summed E-state index contributed by atoms with van der Waals surface area (Å²) in [5.41, 5.74) is 0.301. The molecule has 7 heteroatoms. The standard InChI is InChI=1S/C19H18F2N2O2S/c1-3-7-23-8-6-15-17(19(23)25)16(11(2)26-15)18(24)22-10-12-4-5-13(20)9-14(12)21/h4-6,8-9H,3,7,10H2,1-2H3,(H,22,24). The number of nitrogens with zero attached hydrogens (tertiary/aromatic N) is 1. The predicted octanol–water partition coefficient (Wildman–Crippen LogP) is 3.99. The number of carbonyl (C=O) groups excluding carboxylic acids is 1. The van der Waals surface area contributed by atoms with Crippen molar-refractivity contribution in [2.45, 2.75) is 33.4 Å². The van der Waals surface area contributed by atoms with E-state index in [1.807, 2.05) is 13.0 Å². The van der Waals surface area contributed by atoms with Crippen molar-refractivity contribution < 1.29 is 13.6 Å². The van der Waals surface area contributed by atoms with E-state index in [0.29, 0.717) is 17.5 Å². The Balaban J connectivity index is 1.93. The Labute approximate surface area is 153 Å². The van der Waals surface area contributed by atoms with Gasteiger partial charge in [-0.05, 0) is 25.5 Å². The zero-order chi connectivity index (χ0) is 18.8. The van der Waals surface area contributed by atoms with Crippen LogP contribution in [0.5, 0.6) is 0 Å². The fraction of sp³-hybridized carbons (Fsp3) is 0.263. The monoisotopic (exact) mass is 376 g/mol. The van der Waals surface area contributed by atoms with Gasteiger partial charge in [0.1, 0.15) is 11.6 Å².